The number of aliphatic hydroxyl groups is 2. The topological polar surface area (TPSA) is 98.1 Å². The molecule has 0 aromatic carbocycles. The predicted octanol–water partition coefficient (Wildman–Crippen LogP) is 7.58. The molecule has 1 aromatic rings. The molecule has 4 aliphatic carbocycles. The molecule has 13 atom stereocenters. The summed E-state index contributed by atoms with van der Waals surface area (Å²) in [4.78, 5) is 4.07. The second-order valence-corrected chi connectivity index (χ2v) is 17.0. The zero-order chi connectivity index (χ0) is 29.9. The van der Waals surface area contributed by atoms with E-state index in [0.717, 1.165) is 31.2 Å². The van der Waals surface area contributed by atoms with Crippen LogP contribution in [0, 0.1) is 58.2 Å². The molecular formula is C34H54NO6P. The first-order valence-corrected chi connectivity index (χ1v) is 18.3. The number of pyridine rings is 1. The lowest BCUT2D eigenvalue weighted by atomic mass is 9.40. The fourth-order valence-electron chi connectivity index (χ4n) is 11.1. The number of aliphatic hydroxyl groups excluding tert-OH is 2. The van der Waals surface area contributed by atoms with Crippen LogP contribution in [-0.2, 0) is 18.1 Å². The van der Waals surface area contributed by atoms with Gasteiger partial charge in [-0.2, -0.15) is 0 Å². The zero-order valence-electron chi connectivity index (χ0n) is 26.4. The van der Waals surface area contributed by atoms with E-state index in [0.29, 0.717) is 61.1 Å². The highest BCUT2D eigenvalue weighted by atomic mass is 31.2. The number of rotatable bonds is 7. The van der Waals surface area contributed by atoms with Crippen molar-refractivity contribution in [3.8, 4) is 0 Å². The summed E-state index contributed by atoms with van der Waals surface area (Å²) in [7, 11) is -3.61. The van der Waals surface area contributed by atoms with Crippen LogP contribution in [0.25, 0.3) is 0 Å². The van der Waals surface area contributed by atoms with E-state index < -0.39 is 7.82 Å². The molecule has 236 valence electrons. The molecule has 42 heavy (non-hydrogen) atoms. The van der Waals surface area contributed by atoms with Gasteiger partial charge in [0.1, 0.15) is 0 Å². The van der Waals surface area contributed by atoms with E-state index in [1.807, 2.05) is 12.1 Å². The van der Waals surface area contributed by atoms with Crippen molar-refractivity contribution >= 4 is 7.82 Å². The van der Waals surface area contributed by atoms with Crippen molar-refractivity contribution in [3.63, 3.8) is 0 Å². The van der Waals surface area contributed by atoms with Crippen LogP contribution in [0.15, 0.2) is 24.5 Å². The largest absolute Gasteiger partial charge is 0.475 e. The minimum Gasteiger partial charge on any atom is -0.393 e. The Morgan fingerprint density at radius 1 is 1.00 bits per heavy atom. The zero-order valence-corrected chi connectivity index (χ0v) is 27.3. The van der Waals surface area contributed by atoms with Gasteiger partial charge in [-0.05, 0) is 127 Å². The molecule has 0 radical (unpaired) electrons. The van der Waals surface area contributed by atoms with Crippen molar-refractivity contribution in [3.05, 3.63) is 30.1 Å². The van der Waals surface area contributed by atoms with E-state index in [1.54, 1.807) is 12.4 Å². The van der Waals surface area contributed by atoms with E-state index in [1.165, 1.54) is 25.7 Å². The smallest absolute Gasteiger partial charge is 0.393 e. The highest BCUT2D eigenvalue weighted by Gasteiger charge is 2.65. The van der Waals surface area contributed by atoms with Gasteiger partial charge in [-0.25, -0.2) is 4.57 Å². The Bertz CT molecular complexity index is 1130. The molecule has 7 nitrogen and oxygen atoms in total. The first kappa shape index (κ1) is 31.2. The maximum Gasteiger partial charge on any atom is 0.475 e. The van der Waals surface area contributed by atoms with Gasteiger partial charge < -0.3 is 10.2 Å². The van der Waals surface area contributed by atoms with Crippen LogP contribution in [0.5, 0.6) is 0 Å². The molecule has 6 rings (SSSR count). The van der Waals surface area contributed by atoms with E-state index in [-0.39, 0.29) is 35.1 Å². The van der Waals surface area contributed by atoms with Crippen molar-refractivity contribution in [2.75, 3.05) is 13.2 Å². The van der Waals surface area contributed by atoms with Gasteiger partial charge >= 0.3 is 7.82 Å². The molecule has 0 bridgehead atoms. The number of hydrogen-bond acceptors (Lipinski definition) is 7. The summed E-state index contributed by atoms with van der Waals surface area (Å²) in [6, 6.07) is 3.78. The van der Waals surface area contributed by atoms with Gasteiger partial charge in [-0.15, -0.1) is 0 Å². The quantitative estimate of drug-likeness (QED) is 0.310. The number of nitrogens with zero attached hydrogens (tertiary/aromatic N) is 1. The van der Waals surface area contributed by atoms with E-state index >= 15 is 0 Å². The molecule has 1 saturated heterocycles. The third-order valence-corrected chi connectivity index (χ3v) is 14.6. The van der Waals surface area contributed by atoms with Crippen LogP contribution in [0.3, 0.4) is 0 Å². The van der Waals surface area contributed by atoms with Crippen molar-refractivity contribution in [2.45, 2.75) is 111 Å². The fourth-order valence-corrected chi connectivity index (χ4v) is 12.5. The minimum atomic E-state index is -3.61. The third kappa shape index (κ3) is 5.36. The molecule has 1 aromatic heterocycles. The van der Waals surface area contributed by atoms with Gasteiger partial charge in [0.05, 0.1) is 31.5 Å². The van der Waals surface area contributed by atoms with Gasteiger partial charge in [-0.3, -0.25) is 18.6 Å². The Kier molecular flexibility index (Phi) is 8.79. The molecule has 5 aliphatic rings. The molecule has 5 fully saturated rings. The van der Waals surface area contributed by atoms with Gasteiger partial charge in [0.25, 0.3) is 0 Å². The average molecular weight is 604 g/mol. The average Bonchev–Trinajstić information content (AvgIpc) is 3.31. The Balaban J connectivity index is 1.12. The highest BCUT2D eigenvalue weighted by molar-refractivity contribution is 7.48. The monoisotopic (exact) mass is 603 g/mol. The lowest BCUT2D eigenvalue weighted by Gasteiger charge is -2.65. The number of aromatic nitrogens is 1. The van der Waals surface area contributed by atoms with E-state index in [4.69, 9.17) is 13.6 Å². The summed E-state index contributed by atoms with van der Waals surface area (Å²) in [5, 5.41) is 22.8. The maximum atomic E-state index is 13.3. The summed E-state index contributed by atoms with van der Waals surface area (Å²) in [6.07, 6.45) is 11.7. The lowest BCUT2D eigenvalue weighted by molar-refractivity contribution is -0.211. The van der Waals surface area contributed by atoms with Crippen LogP contribution < -0.4 is 0 Å². The standard InChI is InChI=1S/C34H54NO6P/c1-21(2)30-28-20-24(36)8-14-34(28,5)27-9-15-33(4)25(6-7-26(33)31(27)32(30)37)22(3)12-18-39-42(38)40-19-13-29(41-42)23-10-16-35-17-11-23/h10-11,16-17,21-22,24-32,36-37H,6-9,12-15,18-20H2,1-5H3/t22-,24-,25-,26?,27?,28?,29+,30-,31?,32-,33-,34-,42-/m1/s1. The van der Waals surface area contributed by atoms with Crippen LogP contribution in [0.1, 0.15) is 104 Å². The summed E-state index contributed by atoms with van der Waals surface area (Å²) in [6.45, 7) is 12.6. The molecule has 2 heterocycles. The number of phosphoric ester groups is 1. The second kappa shape index (κ2) is 11.8. The summed E-state index contributed by atoms with van der Waals surface area (Å²) < 4.78 is 30.6. The summed E-state index contributed by atoms with van der Waals surface area (Å²) >= 11 is 0. The van der Waals surface area contributed by atoms with Crippen molar-refractivity contribution < 1.29 is 28.3 Å². The van der Waals surface area contributed by atoms with Gasteiger partial charge in [0, 0.05) is 18.8 Å². The molecule has 8 heteroatoms. The summed E-state index contributed by atoms with van der Waals surface area (Å²) in [5.41, 5.74) is 1.34. The molecular weight excluding hydrogens is 549 g/mol. The van der Waals surface area contributed by atoms with Crippen LogP contribution in [0.2, 0.25) is 0 Å². The van der Waals surface area contributed by atoms with E-state index in [9.17, 15) is 14.8 Å². The van der Waals surface area contributed by atoms with Crippen molar-refractivity contribution in [1.29, 1.82) is 0 Å². The molecule has 2 N–H and O–H groups in total. The minimum absolute atomic E-state index is 0.190. The van der Waals surface area contributed by atoms with Crippen molar-refractivity contribution in [1.82, 2.24) is 4.98 Å². The highest BCUT2D eigenvalue weighted by Crippen LogP contribution is 2.70. The van der Waals surface area contributed by atoms with Gasteiger partial charge in [0.2, 0.25) is 0 Å². The number of hydrogen-bond donors (Lipinski definition) is 2. The van der Waals surface area contributed by atoms with Gasteiger partial charge in [-0.1, -0.05) is 34.6 Å². The molecule has 4 saturated carbocycles. The number of fused-ring (bicyclic) bond motifs is 5. The third-order valence-electron chi connectivity index (χ3n) is 13.1. The first-order chi connectivity index (χ1) is 20.0. The molecule has 0 spiro atoms. The SMILES string of the molecule is CC(C)[C@@H]1C2C[C@H](O)CC[C@]2(C)C2CC[C@@]3(C)C(CC[C@@H]3[C@H](C)CCO[P@]3(=O)OCC[C@@H](c4ccncc4)O3)C2[C@@H]1O. The Morgan fingerprint density at radius 2 is 1.71 bits per heavy atom. The second-order valence-electron chi connectivity index (χ2n) is 15.4. The van der Waals surface area contributed by atoms with Crippen LogP contribution >= 0.6 is 7.82 Å². The summed E-state index contributed by atoms with van der Waals surface area (Å²) in [5.74, 6) is 3.42. The molecule has 0 amide bonds. The first-order valence-electron chi connectivity index (χ1n) is 16.8. The van der Waals surface area contributed by atoms with Gasteiger partial charge in [0.15, 0.2) is 0 Å². The lowest BCUT2D eigenvalue weighted by Crippen LogP contribution is -2.63. The Hall–Kier alpha value is -0.820. The maximum absolute atomic E-state index is 13.3. The van der Waals surface area contributed by atoms with E-state index in [2.05, 4.69) is 39.6 Å². The normalized spacial score (nSPS) is 47.9. The van der Waals surface area contributed by atoms with Crippen LogP contribution in [0.4, 0.5) is 0 Å². The molecule has 4 unspecified atom stereocenters. The van der Waals surface area contributed by atoms with Crippen molar-refractivity contribution in [2.24, 2.45) is 58.2 Å². The molecule has 1 aliphatic heterocycles. The fraction of sp³-hybridized carbons (Fsp3) is 0.853. The predicted molar refractivity (Wildman–Crippen MR) is 162 cm³/mol. The van der Waals surface area contributed by atoms with Crippen LogP contribution in [-0.4, -0.2) is 40.6 Å². The Morgan fingerprint density at radius 3 is 2.45 bits per heavy atom. The Labute approximate surface area is 253 Å². The number of phosphoric acid groups is 1.